The molecule has 0 saturated heterocycles. The number of hydrogen-bond donors (Lipinski definition) is 1. The van der Waals surface area contributed by atoms with Crippen molar-refractivity contribution >= 4 is 41.3 Å². The molecule has 0 aliphatic rings. The number of nitrogens with zero attached hydrogens (tertiary/aromatic N) is 1. The molecule has 0 unspecified atom stereocenters. The summed E-state index contributed by atoms with van der Waals surface area (Å²) in [4.78, 5) is 24.4. The highest BCUT2D eigenvalue weighted by Gasteiger charge is 2.10. The Hall–Kier alpha value is -3.35. The number of esters is 1. The van der Waals surface area contributed by atoms with Gasteiger partial charge in [-0.25, -0.2) is 10.2 Å². The zero-order chi connectivity index (χ0) is 22.2. The van der Waals surface area contributed by atoms with Crippen molar-refractivity contribution in [2.24, 2.45) is 5.10 Å². The molecule has 8 heteroatoms. The molecular weight excluding hydrogens is 439 g/mol. The summed E-state index contributed by atoms with van der Waals surface area (Å²) >= 11 is 11.8. The van der Waals surface area contributed by atoms with Gasteiger partial charge < -0.3 is 9.47 Å². The monoisotopic (exact) mass is 456 g/mol. The van der Waals surface area contributed by atoms with Gasteiger partial charge in [0.1, 0.15) is 11.5 Å². The van der Waals surface area contributed by atoms with Crippen LogP contribution in [0.25, 0.3) is 0 Å². The Balaban J connectivity index is 1.55. The van der Waals surface area contributed by atoms with Crippen LogP contribution in [0.1, 0.15) is 33.2 Å². The lowest BCUT2D eigenvalue weighted by molar-refractivity contribution is 0.0734. The van der Waals surface area contributed by atoms with Crippen LogP contribution < -0.4 is 14.9 Å². The number of amides is 1. The molecule has 0 aromatic heterocycles. The van der Waals surface area contributed by atoms with E-state index in [-0.39, 0.29) is 10.6 Å². The smallest absolute Gasteiger partial charge is 0.343 e. The highest BCUT2D eigenvalue weighted by Crippen LogP contribution is 2.21. The first-order valence-corrected chi connectivity index (χ1v) is 10.1. The number of halogens is 2. The molecule has 0 bridgehead atoms. The van der Waals surface area contributed by atoms with E-state index in [0.29, 0.717) is 34.3 Å². The molecule has 3 aromatic rings. The molecule has 3 rings (SSSR count). The van der Waals surface area contributed by atoms with Crippen LogP contribution in [0.5, 0.6) is 11.5 Å². The molecule has 1 N–H and O–H groups in total. The van der Waals surface area contributed by atoms with Gasteiger partial charge in [0.25, 0.3) is 5.91 Å². The third-order valence-electron chi connectivity index (χ3n) is 4.05. The molecule has 0 radical (unpaired) electrons. The van der Waals surface area contributed by atoms with Crippen molar-refractivity contribution in [1.29, 1.82) is 0 Å². The van der Waals surface area contributed by atoms with Crippen molar-refractivity contribution < 1.29 is 19.1 Å². The summed E-state index contributed by atoms with van der Waals surface area (Å²) in [6, 6.07) is 17.9. The van der Waals surface area contributed by atoms with E-state index in [1.54, 1.807) is 54.6 Å². The molecule has 1 amide bonds. The quantitative estimate of drug-likeness (QED) is 0.224. The van der Waals surface area contributed by atoms with Gasteiger partial charge in [0.2, 0.25) is 0 Å². The number of nitrogens with one attached hydrogen (secondary N) is 1. The summed E-state index contributed by atoms with van der Waals surface area (Å²) in [5.41, 5.74) is 3.77. The van der Waals surface area contributed by atoms with Gasteiger partial charge in [-0.2, -0.15) is 5.10 Å². The van der Waals surface area contributed by atoms with Crippen LogP contribution in [-0.4, -0.2) is 24.7 Å². The molecule has 0 aliphatic carbocycles. The van der Waals surface area contributed by atoms with Gasteiger partial charge >= 0.3 is 5.97 Å². The number of carbonyl (C=O) groups is 2. The van der Waals surface area contributed by atoms with Crippen LogP contribution >= 0.6 is 23.2 Å². The van der Waals surface area contributed by atoms with E-state index in [0.717, 1.165) is 0 Å². The minimum absolute atomic E-state index is 0.235. The molecule has 3 aromatic carbocycles. The maximum atomic E-state index is 12.2. The van der Waals surface area contributed by atoms with Gasteiger partial charge in [0, 0.05) is 5.02 Å². The minimum atomic E-state index is -0.475. The van der Waals surface area contributed by atoms with E-state index < -0.39 is 11.9 Å². The van der Waals surface area contributed by atoms with Crippen LogP contribution in [0.15, 0.2) is 71.8 Å². The third kappa shape index (κ3) is 6.31. The predicted molar refractivity (Wildman–Crippen MR) is 121 cm³/mol. The Morgan fingerprint density at radius 1 is 0.968 bits per heavy atom. The lowest BCUT2D eigenvalue weighted by Crippen LogP contribution is -2.18. The number of ether oxygens (including phenoxy) is 2. The van der Waals surface area contributed by atoms with E-state index in [4.69, 9.17) is 32.7 Å². The summed E-state index contributed by atoms with van der Waals surface area (Å²) in [5, 5.41) is 4.58. The average Bonchev–Trinajstić information content (AvgIpc) is 2.75. The highest BCUT2D eigenvalue weighted by atomic mass is 35.5. The second-order valence-electron chi connectivity index (χ2n) is 6.24. The Morgan fingerprint density at radius 3 is 2.29 bits per heavy atom. The van der Waals surface area contributed by atoms with Crippen molar-refractivity contribution in [3.05, 3.63) is 93.5 Å². The lowest BCUT2D eigenvalue weighted by Gasteiger charge is -2.06. The van der Waals surface area contributed by atoms with Gasteiger partial charge in [-0.05, 0) is 79.2 Å². The maximum Gasteiger partial charge on any atom is 0.343 e. The Labute approximate surface area is 189 Å². The van der Waals surface area contributed by atoms with Gasteiger partial charge in [0.15, 0.2) is 0 Å². The topological polar surface area (TPSA) is 77.0 Å². The fraction of sp³-hybridized carbons (Fsp3) is 0.0870. The first-order valence-electron chi connectivity index (χ1n) is 9.30. The summed E-state index contributed by atoms with van der Waals surface area (Å²) in [7, 11) is 0. The van der Waals surface area contributed by atoms with E-state index in [1.807, 2.05) is 6.92 Å². The zero-order valence-electron chi connectivity index (χ0n) is 16.5. The summed E-state index contributed by atoms with van der Waals surface area (Å²) in [6.07, 6.45) is 1.46. The van der Waals surface area contributed by atoms with Crippen LogP contribution in [0.3, 0.4) is 0 Å². The van der Waals surface area contributed by atoms with E-state index in [1.165, 1.54) is 18.3 Å². The first kappa shape index (κ1) is 22.3. The molecule has 0 aliphatic heterocycles. The Morgan fingerprint density at radius 2 is 1.65 bits per heavy atom. The molecular formula is C23H18Cl2N2O4. The molecule has 158 valence electrons. The number of hydrogen-bond acceptors (Lipinski definition) is 5. The minimum Gasteiger partial charge on any atom is -0.494 e. The molecule has 0 saturated carbocycles. The van der Waals surface area contributed by atoms with Crippen molar-refractivity contribution in [2.45, 2.75) is 6.92 Å². The summed E-state index contributed by atoms with van der Waals surface area (Å²) in [5.74, 6) is 0.136. The van der Waals surface area contributed by atoms with E-state index in [9.17, 15) is 9.59 Å². The van der Waals surface area contributed by atoms with Gasteiger partial charge in [-0.1, -0.05) is 23.2 Å². The maximum absolute atomic E-state index is 12.2. The van der Waals surface area contributed by atoms with Gasteiger partial charge in [-0.3, -0.25) is 4.79 Å². The van der Waals surface area contributed by atoms with E-state index >= 15 is 0 Å². The molecule has 0 heterocycles. The lowest BCUT2D eigenvalue weighted by atomic mass is 10.2. The third-order valence-corrected chi connectivity index (χ3v) is 4.59. The average molecular weight is 457 g/mol. The summed E-state index contributed by atoms with van der Waals surface area (Å²) in [6.45, 7) is 2.44. The largest absolute Gasteiger partial charge is 0.494 e. The van der Waals surface area contributed by atoms with Crippen LogP contribution in [0.2, 0.25) is 10.0 Å². The first-order chi connectivity index (χ1) is 15.0. The number of benzene rings is 3. The van der Waals surface area contributed by atoms with Gasteiger partial charge in [0.05, 0.1) is 29.0 Å². The molecule has 0 atom stereocenters. The second kappa shape index (κ2) is 10.6. The van der Waals surface area contributed by atoms with Crippen LogP contribution in [0, 0.1) is 0 Å². The van der Waals surface area contributed by atoms with Crippen LogP contribution in [0.4, 0.5) is 0 Å². The fourth-order valence-electron chi connectivity index (χ4n) is 2.54. The molecule has 6 nitrogen and oxygen atoms in total. The fourth-order valence-corrected chi connectivity index (χ4v) is 3.04. The molecule has 0 spiro atoms. The number of hydrazone groups is 1. The SMILES string of the molecule is CCOc1ccc(C(=O)Oc2ccc(/C=N\NC(=O)c3ccc(Cl)cc3Cl)cc2)cc1. The Kier molecular flexibility index (Phi) is 7.65. The summed E-state index contributed by atoms with van der Waals surface area (Å²) < 4.78 is 10.7. The van der Waals surface area contributed by atoms with Crippen molar-refractivity contribution in [3.8, 4) is 11.5 Å². The van der Waals surface area contributed by atoms with Crippen molar-refractivity contribution in [3.63, 3.8) is 0 Å². The van der Waals surface area contributed by atoms with Crippen molar-refractivity contribution in [2.75, 3.05) is 6.61 Å². The second-order valence-corrected chi connectivity index (χ2v) is 7.08. The molecule has 0 fully saturated rings. The zero-order valence-corrected chi connectivity index (χ0v) is 18.0. The normalized spacial score (nSPS) is 10.7. The van der Waals surface area contributed by atoms with Crippen LogP contribution in [-0.2, 0) is 0 Å². The van der Waals surface area contributed by atoms with Gasteiger partial charge in [-0.15, -0.1) is 0 Å². The van der Waals surface area contributed by atoms with Crippen molar-refractivity contribution in [1.82, 2.24) is 5.43 Å². The Bertz CT molecular complexity index is 1100. The molecule has 31 heavy (non-hydrogen) atoms. The number of carbonyl (C=O) groups excluding carboxylic acids is 2. The predicted octanol–water partition coefficient (Wildman–Crippen LogP) is 5.38. The standard InChI is InChI=1S/C23H18Cl2N2O4/c1-2-30-18-10-5-16(6-11-18)23(29)31-19-8-3-15(4-9-19)14-26-27-22(28)20-12-7-17(24)13-21(20)25/h3-14H,2H2,1H3,(H,27,28)/b26-14-. The highest BCUT2D eigenvalue weighted by molar-refractivity contribution is 6.36. The van der Waals surface area contributed by atoms with E-state index in [2.05, 4.69) is 10.5 Å². The number of rotatable bonds is 7.